The molecule has 0 aromatic rings. The van der Waals surface area contributed by atoms with E-state index in [0.717, 1.165) is 173 Å². The normalized spacial score (nSPS) is 14.9. The van der Waals surface area contributed by atoms with Gasteiger partial charge in [-0.05, 0) is 148 Å². The Labute approximate surface area is 612 Å². The quantitative estimate of drug-likeness (QED) is 0.0146. The molecular formula is C83H138O16P2. The Kier molecular flexibility index (Phi) is 71.3. The number of hydrogen-bond donors (Lipinski definition) is 4. The number of phosphoric ester groups is 2. The number of aliphatic hydroxyl groups is 2. The molecule has 5 atom stereocenters. The molecule has 0 aliphatic rings. The summed E-state index contributed by atoms with van der Waals surface area (Å²) in [5.74, 6) is -1.63. The zero-order chi connectivity index (χ0) is 73.7. The van der Waals surface area contributed by atoms with Crippen molar-refractivity contribution in [2.45, 2.75) is 309 Å². The molecule has 16 nitrogen and oxygen atoms in total. The van der Waals surface area contributed by atoms with Crippen molar-refractivity contribution in [1.29, 1.82) is 0 Å². The fourth-order valence-corrected chi connectivity index (χ4v) is 11.5. The van der Waals surface area contributed by atoms with Crippen LogP contribution in [-0.2, 0) is 55.8 Å². The monoisotopic (exact) mass is 1450 g/mol. The Hall–Kier alpha value is -4.83. The van der Waals surface area contributed by atoms with Crippen molar-refractivity contribution in [3.63, 3.8) is 0 Å². The van der Waals surface area contributed by atoms with Crippen LogP contribution in [-0.4, -0.2) is 95.9 Å². The van der Waals surface area contributed by atoms with E-state index in [1.807, 2.05) is 0 Å². The summed E-state index contributed by atoms with van der Waals surface area (Å²) >= 11 is 0. The maximum atomic E-state index is 13.0. The zero-order valence-electron chi connectivity index (χ0n) is 62.8. The van der Waals surface area contributed by atoms with Gasteiger partial charge in [0.1, 0.15) is 25.4 Å². The molecule has 0 aromatic heterocycles. The molecule has 0 saturated heterocycles. The Morgan fingerprint density at radius 1 is 0.287 bits per heavy atom. The third-order valence-electron chi connectivity index (χ3n) is 15.7. The molecular weight excluding hydrogens is 1310 g/mol. The minimum absolute atomic E-state index is 0.0761. The van der Waals surface area contributed by atoms with Crippen molar-refractivity contribution in [2.75, 3.05) is 39.6 Å². The maximum Gasteiger partial charge on any atom is 0.472 e. The number of hydrogen-bond acceptors (Lipinski definition) is 14. The van der Waals surface area contributed by atoms with Crippen molar-refractivity contribution < 1.29 is 75.8 Å². The summed E-state index contributed by atoms with van der Waals surface area (Å²) in [6.07, 6.45) is 92.9. The van der Waals surface area contributed by atoms with Gasteiger partial charge in [-0.3, -0.25) is 32.5 Å². The third-order valence-corrected chi connectivity index (χ3v) is 17.6. The summed E-state index contributed by atoms with van der Waals surface area (Å²) in [5, 5.41) is 20.6. The first-order valence-electron chi connectivity index (χ1n) is 38.8. The molecule has 0 aliphatic carbocycles. The molecule has 101 heavy (non-hydrogen) atoms. The van der Waals surface area contributed by atoms with Crippen LogP contribution < -0.4 is 0 Å². The molecule has 4 N–H and O–H groups in total. The second-order valence-electron chi connectivity index (χ2n) is 25.4. The van der Waals surface area contributed by atoms with Crippen molar-refractivity contribution in [3.05, 3.63) is 158 Å². The SMILES string of the molecule is CC/C=C\C/C=C\C/C=C\C/C=C\C/C=C\C/C=C\CCCCCCCCCCCCC(=O)OCC(O)COP(=O)(O)OCC(O)COP(=O)(O)OCC(COC(=O)CCCCCCC/C=C\C/C=C\C/C=C\C/C=C\CCCCC)OC(=O)CCCCCCC/C=C\C/C=C\C/C=C\CC. The summed E-state index contributed by atoms with van der Waals surface area (Å²) in [4.78, 5) is 58.6. The first-order chi connectivity index (χ1) is 49.2. The van der Waals surface area contributed by atoms with Gasteiger partial charge in [0.15, 0.2) is 6.10 Å². The van der Waals surface area contributed by atoms with Gasteiger partial charge in [-0.25, -0.2) is 9.13 Å². The summed E-state index contributed by atoms with van der Waals surface area (Å²) in [7, 11) is -9.81. The van der Waals surface area contributed by atoms with Crippen molar-refractivity contribution >= 4 is 33.6 Å². The molecule has 0 rings (SSSR count). The number of rotatable bonds is 72. The molecule has 0 spiro atoms. The Balaban J connectivity index is 4.58. The number of unbranched alkanes of at least 4 members (excludes halogenated alkanes) is 23. The summed E-state index contributed by atoms with van der Waals surface area (Å²) in [6, 6.07) is 0. The first kappa shape index (κ1) is 96.2. The predicted octanol–water partition coefficient (Wildman–Crippen LogP) is 22.6. The lowest BCUT2D eigenvalue weighted by Crippen LogP contribution is -2.30. The second kappa shape index (κ2) is 74.9. The predicted molar refractivity (Wildman–Crippen MR) is 417 cm³/mol. The molecule has 5 unspecified atom stereocenters. The van der Waals surface area contributed by atoms with Gasteiger partial charge in [-0.15, -0.1) is 0 Å². The van der Waals surface area contributed by atoms with Crippen LogP contribution in [0.1, 0.15) is 290 Å². The van der Waals surface area contributed by atoms with E-state index in [-0.39, 0.29) is 19.3 Å². The van der Waals surface area contributed by atoms with Gasteiger partial charge >= 0.3 is 33.6 Å². The van der Waals surface area contributed by atoms with Gasteiger partial charge < -0.3 is 34.2 Å². The van der Waals surface area contributed by atoms with E-state index < -0.39 is 91.5 Å². The average Bonchev–Trinajstić information content (AvgIpc) is 1.14. The first-order valence-corrected chi connectivity index (χ1v) is 41.8. The second-order valence-corrected chi connectivity index (χ2v) is 28.3. The van der Waals surface area contributed by atoms with Crippen molar-refractivity contribution in [2.24, 2.45) is 0 Å². The van der Waals surface area contributed by atoms with E-state index in [9.17, 15) is 43.5 Å². The lowest BCUT2D eigenvalue weighted by molar-refractivity contribution is -0.161. The van der Waals surface area contributed by atoms with E-state index in [0.29, 0.717) is 19.3 Å². The molecule has 0 aliphatic heterocycles. The highest BCUT2D eigenvalue weighted by atomic mass is 31.2. The minimum atomic E-state index is -4.94. The fraction of sp³-hybridized carbons (Fsp3) is 0.651. The molecule has 0 fully saturated rings. The Bertz CT molecular complexity index is 2470. The number of aliphatic hydroxyl groups excluding tert-OH is 2. The van der Waals surface area contributed by atoms with Gasteiger partial charge in [-0.1, -0.05) is 281 Å². The van der Waals surface area contributed by atoms with E-state index in [4.69, 9.17) is 32.3 Å². The number of esters is 3. The van der Waals surface area contributed by atoms with Gasteiger partial charge in [0.2, 0.25) is 0 Å². The average molecular weight is 1450 g/mol. The summed E-state index contributed by atoms with van der Waals surface area (Å²) in [6.45, 7) is 2.37. The van der Waals surface area contributed by atoms with E-state index in [1.165, 1.54) is 57.8 Å². The van der Waals surface area contributed by atoms with Crippen LogP contribution >= 0.6 is 15.6 Å². The van der Waals surface area contributed by atoms with Crippen LogP contribution in [0.3, 0.4) is 0 Å². The molecule has 0 heterocycles. The molecule has 0 amide bonds. The van der Waals surface area contributed by atoms with Crippen molar-refractivity contribution in [3.8, 4) is 0 Å². The lowest BCUT2D eigenvalue weighted by atomic mass is 10.1. The van der Waals surface area contributed by atoms with Crippen LogP contribution in [0.5, 0.6) is 0 Å². The fourth-order valence-electron chi connectivity index (χ4n) is 9.87. The van der Waals surface area contributed by atoms with Crippen LogP contribution in [0, 0.1) is 0 Å². The smallest absolute Gasteiger partial charge is 0.463 e. The Morgan fingerprint density at radius 3 is 0.832 bits per heavy atom. The third kappa shape index (κ3) is 76.1. The molecule has 0 aromatic carbocycles. The summed E-state index contributed by atoms with van der Waals surface area (Å²) < 4.78 is 61.1. The van der Waals surface area contributed by atoms with Crippen LogP contribution in [0.15, 0.2) is 158 Å². The molecule has 0 saturated carbocycles. The highest BCUT2D eigenvalue weighted by Gasteiger charge is 2.29. The molecule has 576 valence electrons. The number of phosphoric acid groups is 2. The van der Waals surface area contributed by atoms with Gasteiger partial charge in [0, 0.05) is 19.3 Å². The Morgan fingerprint density at radius 2 is 0.525 bits per heavy atom. The van der Waals surface area contributed by atoms with Gasteiger partial charge in [0.05, 0.1) is 26.4 Å². The van der Waals surface area contributed by atoms with Gasteiger partial charge in [0.25, 0.3) is 0 Å². The van der Waals surface area contributed by atoms with Crippen LogP contribution in [0.4, 0.5) is 0 Å². The molecule has 0 radical (unpaired) electrons. The van der Waals surface area contributed by atoms with Gasteiger partial charge in [-0.2, -0.15) is 0 Å². The number of allylic oxidation sites excluding steroid dienone is 26. The standard InChI is InChI=1S/C83H138O16P2/c1-4-7-10-13-16-19-22-25-28-30-32-34-35-36-37-38-39-40-41-43-45-46-49-51-54-57-60-63-66-69-81(86)93-72-78(84)73-95-100(89,90)96-74-79(85)75-97-101(91,92)98-77-80(99-83(88)71-68-65-62-59-56-53-48-27-24-21-18-15-12-9-6-3)76-94-82(87)70-67-64-61-58-55-52-50-47-44-42-33-31-29-26-23-20-17-14-11-8-5-2/h7,9-10,12,16-21,25-29,32-34,36-37,39-40,42,47-48,50,78-80,84-85H,4-6,8,11,13-15,22-24,30-31,35,38,41,43-46,49,51-77H2,1-3H3,(H,89,90)(H,91,92)/b10-7-,12-9-,19-16-,20-17-,21-18-,28-25-,29-26-,34-32-,37-36-,40-39-,42-33-,48-27-,50-47-. The number of carbonyl (C=O) groups is 3. The largest absolute Gasteiger partial charge is 0.472 e. The topological polar surface area (TPSA) is 231 Å². The number of carbonyl (C=O) groups excluding carboxylic acids is 3. The lowest BCUT2D eigenvalue weighted by Gasteiger charge is -2.21. The van der Waals surface area contributed by atoms with Crippen LogP contribution in [0.2, 0.25) is 0 Å². The molecule has 18 heteroatoms. The molecule has 0 bridgehead atoms. The van der Waals surface area contributed by atoms with Crippen LogP contribution in [0.25, 0.3) is 0 Å². The van der Waals surface area contributed by atoms with Crippen molar-refractivity contribution in [1.82, 2.24) is 0 Å². The van der Waals surface area contributed by atoms with E-state index >= 15 is 0 Å². The summed E-state index contributed by atoms with van der Waals surface area (Å²) in [5.41, 5.74) is 0. The minimum Gasteiger partial charge on any atom is -0.463 e. The van der Waals surface area contributed by atoms with E-state index in [2.05, 4.69) is 179 Å². The zero-order valence-corrected chi connectivity index (χ0v) is 64.6. The number of ether oxygens (including phenoxy) is 3. The maximum absolute atomic E-state index is 13.0. The highest BCUT2D eigenvalue weighted by molar-refractivity contribution is 7.47. The van der Waals surface area contributed by atoms with E-state index in [1.54, 1.807) is 0 Å². The highest BCUT2D eigenvalue weighted by Crippen LogP contribution is 2.45.